The molecule has 0 spiro atoms. The van der Waals surface area contributed by atoms with Crippen molar-refractivity contribution < 1.29 is 14.3 Å². The van der Waals surface area contributed by atoms with Crippen molar-refractivity contribution in [2.24, 2.45) is 0 Å². The van der Waals surface area contributed by atoms with Crippen LogP contribution in [-0.4, -0.2) is 49.1 Å². The Balaban J connectivity index is 1.41. The lowest BCUT2D eigenvalue weighted by atomic mass is 9.98. The van der Waals surface area contributed by atoms with Crippen molar-refractivity contribution in [1.82, 2.24) is 4.90 Å². The topological polar surface area (TPSA) is 49.9 Å². The summed E-state index contributed by atoms with van der Waals surface area (Å²) in [6, 6.07) is 15.0. The molecule has 0 unspecified atom stereocenters. The highest BCUT2D eigenvalue weighted by Gasteiger charge is 2.34. The normalized spacial score (nSPS) is 19.7. The van der Waals surface area contributed by atoms with E-state index >= 15 is 0 Å². The number of hydrogen-bond donors (Lipinski definition) is 0. The van der Waals surface area contributed by atoms with E-state index in [1.165, 1.54) is 0 Å². The van der Waals surface area contributed by atoms with Crippen LogP contribution < -0.4 is 4.90 Å². The van der Waals surface area contributed by atoms with Crippen molar-refractivity contribution in [1.29, 1.82) is 0 Å². The van der Waals surface area contributed by atoms with E-state index in [-0.39, 0.29) is 5.91 Å². The van der Waals surface area contributed by atoms with Crippen LogP contribution in [0.15, 0.2) is 48.5 Å². The number of halogens is 1. The zero-order valence-electron chi connectivity index (χ0n) is 14.2. The van der Waals surface area contributed by atoms with Crippen molar-refractivity contribution >= 4 is 29.2 Å². The standard InChI is InChI=1S/C20H19ClN2O3/c21-15-5-3-6-16(13-15)22-8-10-23(11-9-22)19(24)18-12-14-4-1-2-7-17(14)20(25)26-18/h1-7,13,18H,8-12H2/t18-/m1/s1. The predicted octanol–water partition coefficient (Wildman–Crippen LogP) is 2.77. The van der Waals surface area contributed by atoms with Gasteiger partial charge in [-0.25, -0.2) is 4.79 Å². The van der Waals surface area contributed by atoms with Gasteiger partial charge in [-0.15, -0.1) is 0 Å². The lowest BCUT2D eigenvalue weighted by Gasteiger charge is -2.38. The molecule has 5 nitrogen and oxygen atoms in total. The summed E-state index contributed by atoms with van der Waals surface area (Å²) in [5, 5.41) is 0.703. The van der Waals surface area contributed by atoms with Crippen LogP contribution >= 0.6 is 11.6 Å². The quantitative estimate of drug-likeness (QED) is 0.763. The molecule has 26 heavy (non-hydrogen) atoms. The Morgan fingerprint density at radius 1 is 1.04 bits per heavy atom. The second kappa shape index (κ2) is 7.00. The number of hydrogen-bond acceptors (Lipinski definition) is 4. The first kappa shape index (κ1) is 16.9. The molecular weight excluding hydrogens is 352 g/mol. The molecule has 0 bridgehead atoms. The molecule has 1 fully saturated rings. The van der Waals surface area contributed by atoms with Gasteiger partial charge in [0.25, 0.3) is 5.91 Å². The fourth-order valence-electron chi connectivity index (χ4n) is 3.53. The molecule has 1 amide bonds. The molecule has 134 valence electrons. The summed E-state index contributed by atoms with van der Waals surface area (Å²) in [5.41, 5.74) is 2.49. The Hall–Kier alpha value is -2.53. The first-order chi connectivity index (χ1) is 12.6. The van der Waals surface area contributed by atoms with Crippen LogP contribution in [-0.2, 0) is 16.0 Å². The van der Waals surface area contributed by atoms with Gasteiger partial charge in [0.15, 0.2) is 6.10 Å². The van der Waals surface area contributed by atoms with E-state index in [0.29, 0.717) is 30.1 Å². The number of piperazine rings is 1. The number of cyclic esters (lactones) is 1. The van der Waals surface area contributed by atoms with Gasteiger partial charge in [0, 0.05) is 43.3 Å². The molecule has 0 aliphatic carbocycles. The number of benzene rings is 2. The van der Waals surface area contributed by atoms with E-state index < -0.39 is 12.1 Å². The summed E-state index contributed by atoms with van der Waals surface area (Å²) in [7, 11) is 0. The predicted molar refractivity (Wildman–Crippen MR) is 99.6 cm³/mol. The number of carbonyl (C=O) groups excluding carboxylic acids is 2. The van der Waals surface area contributed by atoms with Gasteiger partial charge in [-0.3, -0.25) is 4.79 Å². The number of carbonyl (C=O) groups is 2. The third-order valence-corrected chi connectivity index (χ3v) is 5.17. The van der Waals surface area contributed by atoms with Gasteiger partial charge in [0.2, 0.25) is 0 Å². The molecule has 2 aromatic rings. The Kier molecular flexibility index (Phi) is 4.55. The highest BCUT2D eigenvalue weighted by Crippen LogP contribution is 2.24. The van der Waals surface area contributed by atoms with Gasteiger partial charge in [0.1, 0.15) is 0 Å². The maximum Gasteiger partial charge on any atom is 0.339 e. The van der Waals surface area contributed by atoms with E-state index in [1.54, 1.807) is 17.0 Å². The highest BCUT2D eigenvalue weighted by molar-refractivity contribution is 6.30. The van der Waals surface area contributed by atoms with Crippen LogP contribution in [0.25, 0.3) is 0 Å². The van der Waals surface area contributed by atoms with E-state index in [2.05, 4.69) is 4.90 Å². The van der Waals surface area contributed by atoms with Crippen molar-refractivity contribution in [3.05, 3.63) is 64.7 Å². The summed E-state index contributed by atoms with van der Waals surface area (Å²) < 4.78 is 5.39. The highest BCUT2D eigenvalue weighted by atomic mass is 35.5. The molecule has 2 aliphatic rings. The van der Waals surface area contributed by atoms with Gasteiger partial charge in [-0.1, -0.05) is 35.9 Å². The second-order valence-electron chi connectivity index (χ2n) is 6.55. The van der Waals surface area contributed by atoms with Crippen LogP contribution in [0.5, 0.6) is 0 Å². The maximum atomic E-state index is 12.8. The first-order valence-electron chi connectivity index (χ1n) is 8.70. The number of anilines is 1. The second-order valence-corrected chi connectivity index (χ2v) is 6.98. The van der Waals surface area contributed by atoms with E-state index in [9.17, 15) is 9.59 Å². The zero-order chi connectivity index (χ0) is 18.1. The number of amides is 1. The number of ether oxygens (including phenoxy) is 1. The van der Waals surface area contributed by atoms with Gasteiger partial charge < -0.3 is 14.5 Å². The lowest BCUT2D eigenvalue weighted by molar-refractivity contribution is -0.141. The SMILES string of the molecule is O=C1O[C@@H](C(=O)N2CCN(c3cccc(Cl)c3)CC2)Cc2ccccc21. The van der Waals surface area contributed by atoms with Crippen LogP contribution in [0, 0.1) is 0 Å². The minimum absolute atomic E-state index is 0.112. The monoisotopic (exact) mass is 370 g/mol. The molecular formula is C20H19ClN2O3. The summed E-state index contributed by atoms with van der Waals surface area (Å²) in [4.78, 5) is 28.9. The molecule has 0 radical (unpaired) electrons. The molecule has 2 aromatic carbocycles. The van der Waals surface area contributed by atoms with E-state index in [0.717, 1.165) is 24.3 Å². The molecule has 6 heteroatoms. The van der Waals surface area contributed by atoms with Crippen molar-refractivity contribution in [3.8, 4) is 0 Å². The average molecular weight is 371 g/mol. The Bertz CT molecular complexity index is 846. The van der Waals surface area contributed by atoms with Crippen molar-refractivity contribution in [2.75, 3.05) is 31.1 Å². The summed E-state index contributed by atoms with van der Waals surface area (Å²) in [6.07, 6.45) is -0.287. The summed E-state index contributed by atoms with van der Waals surface area (Å²) >= 11 is 6.06. The summed E-state index contributed by atoms with van der Waals surface area (Å²) in [5.74, 6) is -0.527. The molecule has 2 aliphatic heterocycles. The number of rotatable bonds is 2. The minimum atomic E-state index is -0.727. The largest absolute Gasteiger partial charge is 0.448 e. The number of fused-ring (bicyclic) bond motifs is 1. The summed E-state index contributed by atoms with van der Waals surface area (Å²) in [6.45, 7) is 2.65. The smallest absolute Gasteiger partial charge is 0.339 e. The van der Waals surface area contributed by atoms with Gasteiger partial charge in [-0.05, 0) is 29.8 Å². The molecule has 0 aromatic heterocycles. The van der Waals surface area contributed by atoms with Gasteiger partial charge in [-0.2, -0.15) is 0 Å². The van der Waals surface area contributed by atoms with E-state index in [1.807, 2.05) is 36.4 Å². The average Bonchev–Trinajstić information content (AvgIpc) is 2.67. The van der Waals surface area contributed by atoms with Gasteiger partial charge >= 0.3 is 5.97 Å². The van der Waals surface area contributed by atoms with Crippen LogP contribution in [0.1, 0.15) is 15.9 Å². The molecule has 1 atom stereocenters. The number of nitrogens with zero attached hydrogens (tertiary/aromatic N) is 2. The Morgan fingerprint density at radius 3 is 2.58 bits per heavy atom. The Morgan fingerprint density at radius 2 is 1.81 bits per heavy atom. The van der Waals surface area contributed by atoms with Crippen LogP contribution in [0.3, 0.4) is 0 Å². The van der Waals surface area contributed by atoms with E-state index in [4.69, 9.17) is 16.3 Å². The lowest BCUT2D eigenvalue weighted by Crippen LogP contribution is -2.53. The zero-order valence-corrected chi connectivity index (χ0v) is 15.0. The molecule has 0 N–H and O–H groups in total. The van der Waals surface area contributed by atoms with Gasteiger partial charge in [0.05, 0.1) is 5.56 Å². The van der Waals surface area contributed by atoms with Crippen molar-refractivity contribution in [3.63, 3.8) is 0 Å². The first-order valence-corrected chi connectivity index (χ1v) is 9.08. The third-order valence-electron chi connectivity index (χ3n) is 4.93. The van der Waals surface area contributed by atoms with Crippen molar-refractivity contribution in [2.45, 2.75) is 12.5 Å². The fraction of sp³-hybridized carbons (Fsp3) is 0.300. The molecule has 0 saturated carbocycles. The van der Waals surface area contributed by atoms with Crippen LogP contribution in [0.2, 0.25) is 5.02 Å². The molecule has 4 rings (SSSR count). The fourth-order valence-corrected chi connectivity index (χ4v) is 3.72. The third kappa shape index (κ3) is 3.27. The maximum absolute atomic E-state index is 12.8. The molecule has 2 heterocycles. The minimum Gasteiger partial charge on any atom is -0.448 e. The Labute approximate surface area is 157 Å². The number of esters is 1. The molecule has 1 saturated heterocycles. The van der Waals surface area contributed by atoms with Crippen LogP contribution in [0.4, 0.5) is 5.69 Å².